The van der Waals surface area contributed by atoms with E-state index in [2.05, 4.69) is 10.4 Å². The van der Waals surface area contributed by atoms with E-state index in [0.717, 1.165) is 16.3 Å². The molecule has 0 unspecified atom stereocenters. The van der Waals surface area contributed by atoms with Crippen molar-refractivity contribution in [3.63, 3.8) is 0 Å². The number of benzene rings is 2. The number of aromatic nitrogens is 2. The third kappa shape index (κ3) is 3.39. The highest BCUT2D eigenvalue weighted by Gasteiger charge is 2.19. The number of aryl methyl sites for hydroxylation is 1. The minimum absolute atomic E-state index is 0.268. The Balaban J connectivity index is 1.66. The Hall–Kier alpha value is -3.81. The van der Waals surface area contributed by atoms with Crippen molar-refractivity contribution in [3.8, 4) is 22.9 Å². The summed E-state index contributed by atoms with van der Waals surface area (Å²) in [7, 11) is 0. The maximum absolute atomic E-state index is 12.6. The third-order valence-corrected chi connectivity index (χ3v) is 4.17. The molecule has 142 valence electrons. The Morgan fingerprint density at radius 1 is 1.11 bits per heavy atom. The first kappa shape index (κ1) is 17.6. The van der Waals surface area contributed by atoms with Crippen LogP contribution in [0.4, 0.5) is 5.69 Å². The highest BCUT2D eigenvalue weighted by Crippen LogP contribution is 2.32. The molecule has 0 saturated heterocycles. The van der Waals surface area contributed by atoms with Crippen molar-refractivity contribution in [1.82, 2.24) is 9.78 Å². The number of ether oxygens (including phenoxy) is 2. The van der Waals surface area contributed by atoms with Crippen molar-refractivity contribution >= 4 is 11.6 Å². The summed E-state index contributed by atoms with van der Waals surface area (Å²) in [5.74, 6) is -0.0382. The van der Waals surface area contributed by atoms with Gasteiger partial charge in [0.2, 0.25) is 0 Å². The van der Waals surface area contributed by atoms with Crippen LogP contribution < -0.4 is 20.3 Å². The molecule has 1 aromatic heterocycles. The molecule has 8 heteroatoms. The second-order valence-corrected chi connectivity index (χ2v) is 6.28. The Kier molecular flexibility index (Phi) is 4.44. The molecule has 1 aliphatic heterocycles. The number of nitrogens with zero attached hydrogens (tertiary/aromatic N) is 2. The number of fused-ring (bicyclic) bond motifs is 1. The van der Waals surface area contributed by atoms with Crippen LogP contribution in [0.1, 0.15) is 16.1 Å². The van der Waals surface area contributed by atoms with E-state index in [1.165, 1.54) is 0 Å². The van der Waals surface area contributed by atoms with Gasteiger partial charge >= 0.3 is 0 Å². The smallest absolute Gasteiger partial charge is 0.279 e. The van der Waals surface area contributed by atoms with Crippen molar-refractivity contribution < 1.29 is 19.4 Å². The molecule has 0 radical (unpaired) electrons. The van der Waals surface area contributed by atoms with Crippen LogP contribution >= 0.6 is 0 Å². The molecule has 0 bridgehead atoms. The van der Waals surface area contributed by atoms with Crippen molar-refractivity contribution in [2.24, 2.45) is 0 Å². The van der Waals surface area contributed by atoms with Crippen LogP contribution in [0, 0.1) is 6.92 Å². The first-order valence-electron chi connectivity index (χ1n) is 8.63. The number of carbonyl (C=O) groups excluding carboxylic acids is 1. The summed E-state index contributed by atoms with van der Waals surface area (Å²) in [6.45, 7) is 2.77. The Bertz CT molecular complexity index is 1120. The molecule has 2 heterocycles. The number of amides is 1. The maximum atomic E-state index is 12.6. The maximum Gasteiger partial charge on any atom is 0.279 e. The van der Waals surface area contributed by atoms with Gasteiger partial charge in [0.1, 0.15) is 13.2 Å². The monoisotopic (exact) mass is 379 g/mol. The van der Waals surface area contributed by atoms with Gasteiger partial charge in [-0.3, -0.25) is 9.59 Å². The molecular formula is C20H17N3O5. The fourth-order valence-corrected chi connectivity index (χ4v) is 2.86. The van der Waals surface area contributed by atoms with Gasteiger partial charge in [-0.05, 0) is 36.8 Å². The van der Waals surface area contributed by atoms with E-state index in [1.54, 1.807) is 36.4 Å². The highest BCUT2D eigenvalue weighted by molar-refractivity contribution is 6.04. The molecule has 28 heavy (non-hydrogen) atoms. The van der Waals surface area contributed by atoms with E-state index in [1.807, 2.05) is 13.0 Å². The molecule has 0 spiro atoms. The van der Waals surface area contributed by atoms with Crippen LogP contribution in [-0.4, -0.2) is 34.0 Å². The summed E-state index contributed by atoms with van der Waals surface area (Å²) in [5.41, 5.74) is 1.07. The van der Waals surface area contributed by atoms with Gasteiger partial charge in [0, 0.05) is 17.8 Å². The first-order valence-corrected chi connectivity index (χ1v) is 8.63. The molecule has 0 fully saturated rings. The second kappa shape index (κ2) is 7.07. The number of nitrogens with one attached hydrogen (secondary N) is 1. The van der Waals surface area contributed by atoms with Crippen molar-refractivity contribution in [1.29, 1.82) is 0 Å². The lowest BCUT2D eigenvalue weighted by molar-refractivity contribution is 0.101. The van der Waals surface area contributed by atoms with Crippen molar-refractivity contribution in [3.05, 3.63) is 70.1 Å². The summed E-state index contributed by atoms with van der Waals surface area (Å²) in [6.07, 6.45) is 0. The molecule has 8 nitrogen and oxygen atoms in total. The lowest BCUT2D eigenvalue weighted by atomic mass is 10.2. The van der Waals surface area contributed by atoms with E-state index < -0.39 is 17.2 Å². The minimum atomic E-state index is -0.657. The van der Waals surface area contributed by atoms with Gasteiger partial charge in [0.05, 0.1) is 5.69 Å². The van der Waals surface area contributed by atoms with Gasteiger partial charge in [-0.2, -0.15) is 9.78 Å². The van der Waals surface area contributed by atoms with Gasteiger partial charge in [0.25, 0.3) is 11.5 Å². The van der Waals surface area contributed by atoms with Crippen LogP contribution in [0.25, 0.3) is 5.69 Å². The Morgan fingerprint density at radius 3 is 2.68 bits per heavy atom. The second-order valence-electron chi connectivity index (χ2n) is 6.28. The number of carbonyl (C=O) groups is 1. The zero-order valence-electron chi connectivity index (χ0n) is 15.0. The first-order chi connectivity index (χ1) is 13.5. The zero-order valence-corrected chi connectivity index (χ0v) is 15.0. The molecule has 3 aromatic rings. The Labute approximate surface area is 160 Å². The predicted molar refractivity (Wildman–Crippen MR) is 102 cm³/mol. The topological polar surface area (TPSA) is 103 Å². The third-order valence-electron chi connectivity index (χ3n) is 4.17. The van der Waals surface area contributed by atoms with Crippen molar-refractivity contribution in [2.45, 2.75) is 6.92 Å². The zero-order chi connectivity index (χ0) is 19.7. The highest BCUT2D eigenvalue weighted by atomic mass is 16.6. The number of hydrogen-bond donors (Lipinski definition) is 2. The molecule has 1 aliphatic rings. The van der Waals surface area contributed by atoms with Crippen LogP contribution in [0.5, 0.6) is 17.2 Å². The van der Waals surface area contributed by atoms with Gasteiger partial charge in [-0.1, -0.05) is 12.1 Å². The van der Waals surface area contributed by atoms with E-state index in [9.17, 15) is 14.7 Å². The Morgan fingerprint density at radius 2 is 1.89 bits per heavy atom. The predicted octanol–water partition coefficient (Wildman–Crippen LogP) is 2.27. The van der Waals surface area contributed by atoms with Gasteiger partial charge in [-0.15, -0.1) is 0 Å². The number of anilines is 1. The van der Waals surface area contributed by atoms with Crippen LogP contribution in [0.2, 0.25) is 0 Å². The molecule has 2 aromatic carbocycles. The molecule has 4 rings (SSSR count). The van der Waals surface area contributed by atoms with E-state index in [4.69, 9.17) is 9.47 Å². The average Bonchev–Trinajstić information content (AvgIpc) is 2.68. The summed E-state index contributed by atoms with van der Waals surface area (Å²) >= 11 is 0. The van der Waals surface area contributed by atoms with E-state index in [0.29, 0.717) is 36.1 Å². The molecule has 0 aliphatic carbocycles. The van der Waals surface area contributed by atoms with Crippen molar-refractivity contribution in [2.75, 3.05) is 18.5 Å². The SMILES string of the molecule is Cc1cccc(-n2nc(C(=O)Nc3ccc4c(c3)OCCO4)c(O)cc2=O)c1. The molecular weight excluding hydrogens is 362 g/mol. The van der Waals surface area contributed by atoms with Crippen LogP contribution in [0.3, 0.4) is 0 Å². The van der Waals surface area contributed by atoms with Gasteiger partial charge in [-0.25, -0.2) is 0 Å². The quantitative estimate of drug-likeness (QED) is 0.724. The fourth-order valence-electron chi connectivity index (χ4n) is 2.86. The number of rotatable bonds is 3. The normalized spacial score (nSPS) is 12.5. The van der Waals surface area contributed by atoms with Gasteiger partial charge in [0.15, 0.2) is 22.9 Å². The van der Waals surface area contributed by atoms with Crippen LogP contribution in [-0.2, 0) is 0 Å². The molecule has 1 amide bonds. The average molecular weight is 379 g/mol. The lowest BCUT2D eigenvalue weighted by Crippen LogP contribution is -2.25. The number of hydrogen-bond acceptors (Lipinski definition) is 6. The minimum Gasteiger partial charge on any atom is -0.505 e. The van der Waals surface area contributed by atoms with Crippen LogP contribution in [0.15, 0.2) is 53.3 Å². The largest absolute Gasteiger partial charge is 0.505 e. The lowest BCUT2D eigenvalue weighted by Gasteiger charge is -2.19. The summed E-state index contributed by atoms with van der Waals surface area (Å²) in [4.78, 5) is 24.9. The summed E-state index contributed by atoms with van der Waals surface area (Å²) < 4.78 is 12.0. The van der Waals surface area contributed by atoms with Gasteiger partial charge < -0.3 is 19.9 Å². The fraction of sp³-hybridized carbons (Fsp3) is 0.150. The molecule has 0 saturated carbocycles. The standard InChI is InChI=1S/C20H17N3O5/c1-12-3-2-4-14(9-12)23-18(25)11-15(24)19(22-23)20(26)21-13-5-6-16-17(10-13)28-8-7-27-16/h2-6,9-11,24H,7-8H2,1H3,(H,21,26). The molecule has 0 atom stereocenters. The van der Waals surface area contributed by atoms with E-state index >= 15 is 0 Å². The van der Waals surface area contributed by atoms with E-state index in [-0.39, 0.29) is 5.69 Å². The summed E-state index contributed by atoms with van der Waals surface area (Å²) in [6, 6.07) is 13.0. The number of aromatic hydroxyl groups is 1. The summed E-state index contributed by atoms with van der Waals surface area (Å²) in [5, 5.41) is 16.8. The molecule has 2 N–H and O–H groups in total.